The van der Waals surface area contributed by atoms with E-state index in [1.165, 1.54) is 6.26 Å². The fourth-order valence-corrected chi connectivity index (χ4v) is 2.10. The van der Waals surface area contributed by atoms with E-state index in [-0.39, 0.29) is 11.5 Å². The van der Waals surface area contributed by atoms with Gasteiger partial charge in [-0.25, -0.2) is 0 Å². The number of ketones is 1. The molecule has 1 aliphatic rings. The molecule has 0 radical (unpaired) electrons. The van der Waals surface area contributed by atoms with Crippen LogP contribution in [-0.4, -0.2) is 16.5 Å². The highest BCUT2D eigenvalue weighted by Gasteiger charge is 2.40. The van der Waals surface area contributed by atoms with E-state index in [0.29, 0.717) is 18.8 Å². The predicted octanol–water partition coefficient (Wildman–Crippen LogP) is 2.40. The molecule has 0 aliphatic heterocycles. The minimum atomic E-state index is -1.19. The zero-order valence-electron chi connectivity index (χ0n) is 8.90. The molecule has 0 aromatic carbocycles. The number of rotatable bonds is 2. The molecule has 15 heavy (non-hydrogen) atoms. The number of carbonyl (C=O) groups is 1. The average Bonchev–Trinajstić information content (AvgIpc) is 2.75. The molecule has 0 atom stereocenters. The highest BCUT2D eigenvalue weighted by molar-refractivity contribution is 6.00. The van der Waals surface area contributed by atoms with Gasteiger partial charge >= 0.3 is 0 Å². The van der Waals surface area contributed by atoms with Crippen LogP contribution in [0.4, 0.5) is 0 Å². The van der Waals surface area contributed by atoms with Crippen LogP contribution < -0.4 is 0 Å². The van der Waals surface area contributed by atoms with Crippen LogP contribution in [0.2, 0.25) is 0 Å². The largest absolute Gasteiger partial charge is 0.461 e. The monoisotopic (exact) mass is 208 g/mol. The normalized spacial score (nSPS) is 31.5. The lowest BCUT2D eigenvalue weighted by molar-refractivity contribution is 0.00208. The Bertz CT molecular complexity index is 332. The standard InChI is InChI=1S/C12H16O3/c1-9-4-6-12(14,7-5-9)11(13)10-3-2-8-15-10/h2-3,8-9,14H,4-7H2,1H3. The first kappa shape index (κ1) is 10.4. The van der Waals surface area contributed by atoms with Crippen LogP contribution in [0.5, 0.6) is 0 Å². The van der Waals surface area contributed by atoms with E-state index >= 15 is 0 Å². The molecule has 1 saturated carbocycles. The molecule has 1 aliphatic carbocycles. The molecular weight excluding hydrogens is 192 g/mol. The van der Waals surface area contributed by atoms with Gasteiger partial charge in [-0.3, -0.25) is 4.79 Å². The minimum absolute atomic E-state index is 0.264. The third kappa shape index (κ3) is 1.97. The summed E-state index contributed by atoms with van der Waals surface area (Å²) in [6, 6.07) is 3.28. The highest BCUT2D eigenvalue weighted by atomic mass is 16.3. The maximum atomic E-state index is 11.9. The molecule has 0 bridgehead atoms. The number of carbonyl (C=O) groups excluding carboxylic acids is 1. The molecule has 0 saturated heterocycles. The summed E-state index contributed by atoms with van der Waals surface area (Å²) in [7, 11) is 0. The molecule has 82 valence electrons. The third-order valence-electron chi connectivity index (χ3n) is 3.27. The van der Waals surface area contributed by atoms with Crippen LogP contribution in [0.15, 0.2) is 22.8 Å². The molecule has 0 unspecified atom stereocenters. The lowest BCUT2D eigenvalue weighted by atomic mass is 9.77. The summed E-state index contributed by atoms with van der Waals surface area (Å²) in [6.45, 7) is 2.15. The van der Waals surface area contributed by atoms with E-state index in [1.807, 2.05) is 0 Å². The van der Waals surface area contributed by atoms with E-state index in [0.717, 1.165) is 12.8 Å². The second kappa shape index (κ2) is 3.81. The van der Waals surface area contributed by atoms with Crippen LogP contribution in [0, 0.1) is 5.92 Å². The van der Waals surface area contributed by atoms with Gasteiger partial charge in [-0.15, -0.1) is 0 Å². The average molecular weight is 208 g/mol. The Morgan fingerprint density at radius 2 is 2.20 bits per heavy atom. The first-order chi connectivity index (χ1) is 7.12. The van der Waals surface area contributed by atoms with Crippen molar-refractivity contribution in [1.29, 1.82) is 0 Å². The zero-order valence-corrected chi connectivity index (χ0v) is 8.90. The molecule has 0 amide bonds. The molecule has 3 nitrogen and oxygen atoms in total. The van der Waals surface area contributed by atoms with Crippen LogP contribution in [0.1, 0.15) is 43.2 Å². The van der Waals surface area contributed by atoms with Crippen molar-refractivity contribution in [2.45, 2.75) is 38.2 Å². The maximum absolute atomic E-state index is 11.9. The van der Waals surface area contributed by atoms with Gasteiger partial charge in [0, 0.05) is 0 Å². The Morgan fingerprint density at radius 3 is 2.73 bits per heavy atom. The van der Waals surface area contributed by atoms with Crippen molar-refractivity contribution in [3.05, 3.63) is 24.2 Å². The fraction of sp³-hybridized carbons (Fsp3) is 0.583. The molecular formula is C12H16O3. The van der Waals surface area contributed by atoms with E-state index in [1.54, 1.807) is 12.1 Å². The lowest BCUT2D eigenvalue weighted by Crippen LogP contribution is -2.41. The molecule has 0 spiro atoms. The predicted molar refractivity (Wildman–Crippen MR) is 55.6 cm³/mol. The first-order valence-corrected chi connectivity index (χ1v) is 5.42. The Morgan fingerprint density at radius 1 is 1.53 bits per heavy atom. The van der Waals surface area contributed by atoms with Gasteiger partial charge in [-0.2, -0.15) is 0 Å². The Hall–Kier alpha value is -1.09. The van der Waals surface area contributed by atoms with Crippen molar-refractivity contribution in [2.75, 3.05) is 0 Å². The van der Waals surface area contributed by atoms with Gasteiger partial charge in [-0.1, -0.05) is 6.92 Å². The van der Waals surface area contributed by atoms with Crippen LogP contribution in [-0.2, 0) is 0 Å². The van der Waals surface area contributed by atoms with E-state index in [9.17, 15) is 9.90 Å². The van der Waals surface area contributed by atoms with E-state index in [4.69, 9.17) is 4.42 Å². The molecule has 1 N–H and O–H groups in total. The first-order valence-electron chi connectivity index (χ1n) is 5.42. The second-order valence-electron chi connectivity index (χ2n) is 4.52. The van der Waals surface area contributed by atoms with Gasteiger partial charge < -0.3 is 9.52 Å². The minimum Gasteiger partial charge on any atom is -0.461 e. The Kier molecular flexibility index (Phi) is 2.65. The second-order valence-corrected chi connectivity index (χ2v) is 4.52. The van der Waals surface area contributed by atoms with Crippen molar-refractivity contribution in [2.24, 2.45) is 5.92 Å². The molecule has 1 aromatic rings. The number of furan rings is 1. The Labute approximate surface area is 89.1 Å². The number of aliphatic hydroxyl groups is 1. The quantitative estimate of drug-likeness (QED) is 0.759. The number of hydrogen-bond donors (Lipinski definition) is 1. The van der Waals surface area contributed by atoms with Gasteiger partial charge in [0.1, 0.15) is 5.60 Å². The molecule has 3 heteroatoms. The van der Waals surface area contributed by atoms with E-state index < -0.39 is 5.60 Å². The van der Waals surface area contributed by atoms with Crippen molar-refractivity contribution in [3.8, 4) is 0 Å². The van der Waals surface area contributed by atoms with Gasteiger partial charge in [-0.05, 0) is 43.7 Å². The van der Waals surface area contributed by atoms with Crippen molar-refractivity contribution in [1.82, 2.24) is 0 Å². The van der Waals surface area contributed by atoms with Crippen molar-refractivity contribution in [3.63, 3.8) is 0 Å². The molecule has 1 heterocycles. The number of Topliss-reactive ketones (excluding diaryl/α,β-unsaturated/α-hetero) is 1. The van der Waals surface area contributed by atoms with Crippen molar-refractivity contribution < 1.29 is 14.3 Å². The summed E-state index contributed by atoms with van der Waals surface area (Å²) in [4.78, 5) is 11.9. The summed E-state index contributed by atoms with van der Waals surface area (Å²) < 4.78 is 5.03. The molecule has 1 aromatic heterocycles. The van der Waals surface area contributed by atoms with Crippen LogP contribution in [0.3, 0.4) is 0 Å². The van der Waals surface area contributed by atoms with Gasteiger partial charge in [0.05, 0.1) is 6.26 Å². The topological polar surface area (TPSA) is 50.4 Å². The third-order valence-corrected chi connectivity index (χ3v) is 3.27. The molecule has 1 fully saturated rings. The number of hydrogen-bond acceptors (Lipinski definition) is 3. The smallest absolute Gasteiger partial charge is 0.229 e. The van der Waals surface area contributed by atoms with E-state index in [2.05, 4.69) is 6.92 Å². The summed E-state index contributed by atoms with van der Waals surface area (Å²) in [6.07, 6.45) is 4.37. The van der Waals surface area contributed by atoms with Crippen LogP contribution >= 0.6 is 0 Å². The maximum Gasteiger partial charge on any atom is 0.229 e. The summed E-state index contributed by atoms with van der Waals surface area (Å²) in [5.41, 5.74) is -1.19. The fourth-order valence-electron chi connectivity index (χ4n) is 2.10. The highest BCUT2D eigenvalue weighted by Crippen LogP contribution is 2.34. The van der Waals surface area contributed by atoms with Gasteiger partial charge in [0.25, 0.3) is 0 Å². The van der Waals surface area contributed by atoms with Crippen LogP contribution in [0.25, 0.3) is 0 Å². The lowest BCUT2D eigenvalue weighted by Gasteiger charge is -2.32. The van der Waals surface area contributed by atoms with Crippen molar-refractivity contribution >= 4 is 5.78 Å². The summed E-state index contributed by atoms with van der Waals surface area (Å²) in [5, 5.41) is 10.2. The Balaban J connectivity index is 2.13. The van der Waals surface area contributed by atoms with Gasteiger partial charge in [0.2, 0.25) is 5.78 Å². The summed E-state index contributed by atoms with van der Waals surface area (Å²) >= 11 is 0. The summed E-state index contributed by atoms with van der Waals surface area (Å²) in [5.74, 6) is 0.612. The zero-order chi connectivity index (χ0) is 10.9. The SMILES string of the molecule is CC1CCC(O)(C(=O)c2ccco2)CC1. The van der Waals surface area contributed by atoms with Gasteiger partial charge in [0.15, 0.2) is 5.76 Å². The molecule has 2 rings (SSSR count).